The van der Waals surface area contributed by atoms with Crippen molar-refractivity contribution < 1.29 is 19.1 Å². The number of carbonyl (C=O) groups is 2. The average Bonchev–Trinajstić information content (AvgIpc) is 2.61. The van der Waals surface area contributed by atoms with Gasteiger partial charge in [-0.2, -0.15) is 0 Å². The molecular weight excluding hydrogens is 383 g/mol. The van der Waals surface area contributed by atoms with Crippen LogP contribution in [0.3, 0.4) is 0 Å². The molecule has 0 spiro atoms. The summed E-state index contributed by atoms with van der Waals surface area (Å²) in [6.45, 7) is 2.85. The predicted molar refractivity (Wildman–Crippen MR) is 97.3 cm³/mol. The van der Waals surface area contributed by atoms with Crippen molar-refractivity contribution in [1.29, 1.82) is 0 Å². The molecule has 0 heterocycles. The van der Waals surface area contributed by atoms with Gasteiger partial charge in [-0.05, 0) is 0 Å². The fraction of sp³-hybridized carbons (Fsp3) is 0.300. The van der Waals surface area contributed by atoms with Crippen molar-refractivity contribution in [2.75, 3.05) is 0 Å². The number of ether oxygens (including phenoxy) is 2. The van der Waals surface area contributed by atoms with Gasteiger partial charge < -0.3 is 0 Å². The first-order valence-electron chi connectivity index (χ1n) is 8.08. The molecule has 2 aromatic carbocycles. The van der Waals surface area contributed by atoms with Crippen molar-refractivity contribution in [3.63, 3.8) is 0 Å². The molecule has 25 heavy (non-hydrogen) atoms. The maximum absolute atomic E-state index is 11.4. The third-order valence-electron chi connectivity index (χ3n) is 3.50. The molecule has 0 aliphatic rings. The van der Waals surface area contributed by atoms with Crippen molar-refractivity contribution in [2.45, 2.75) is 36.7 Å². The van der Waals surface area contributed by atoms with E-state index in [4.69, 9.17) is 9.47 Å². The fourth-order valence-electron chi connectivity index (χ4n) is 2.41. The molecule has 0 aromatic heterocycles. The number of benzene rings is 2. The molecule has 0 radical (unpaired) electrons. The van der Waals surface area contributed by atoms with E-state index in [1.165, 1.54) is 13.8 Å². The van der Waals surface area contributed by atoms with Crippen LogP contribution in [0.2, 0.25) is 10.6 Å². The van der Waals surface area contributed by atoms with Crippen LogP contribution in [0.25, 0.3) is 0 Å². The van der Waals surface area contributed by atoms with E-state index in [1.54, 1.807) is 0 Å². The average molecular weight is 405 g/mol. The SMILES string of the molecule is CC(=O)OC(C[Se]CC(OC(C)=O)c1ccccc1)c1ccccc1. The molecule has 0 saturated carbocycles. The Hall–Kier alpha value is -2.10. The van der Waals surface area contributed by atoms with E-state index < -0.39 is 0 Å². The first-order valence-corrected chi connectivity index (χ1v) is 10.5. The van der Waals surface area contributed by atoms with Crippen LogP contribution in [-0.2, 0) is 19.1 Å². The molecular formula is C20H22O4Se. The van der Waals surface area contributed by atoms with Crippen LogP contribution in [-0.4, -0.2) is 26.9 Å². The summed E-state index contributed by atoms with van der Waals surface area (Å²) in [5, 5.41) is 1.47. The van der Waals surface area contributed by atoms with Gasteiger partial charge in [0.2, 0.25) is 0 Å². The van der Waals surface area contributed by atoms with Crippen LogP contribution in [0.15, 0.2) is 60.7 Å². The van der Waals surface area contributed by atoms with Crippen molar-refractivity contribution in [1.82, 2.24) is 0 Å². The number of hydrogen-bond donors (Lipinski definition) is 0. The van der Waals surface area contributed by atoms with Gasteiger partial charge in [0.15, 0.2) is 0 Å². The predicted octanol–water partition coefficient (Wildman–Crippen LogP) is 4.14. The number of rotatable bonds is 8. The summed E-state index contributed by atoms with van der Waals surface area (Å²) in [5.74, 6) is -0.575. The van der Waals surface area contributed by atoms with E-state index in [1.807, 2.05) is 60.7 Å². The molecule has 132 valence electrons. The zero-order chi connectivity index (χ0) is 18.1. The monoisotopic (exact) mass is 406 g/mol. The maximum atomic E-state index is 11.4. The Morgan fingerprint density at radius 3 is 1.44 bits per heavy atom. The number of carbonyl (C=O) groups excluding carboxylic acids is 2. The fourth-order valence-corrected chi connectivity index (χ4v) is 4.69. The summed E-state index contributed by atoms with van der Waals surface area (Å²) in [4.78, 5) is 22.8. The number of hydrogen-bond acceptors (Lipinski definition) is 4. The zero-order valence-corrected chi connectivity index (χ0v) is 16.1. The van der Waals surface area contributed by atoms with E-state index >= 15 is 0 Å². The van der Waals surface area contributed by atoms with Crippen LogP contribution in [0.1, 0.15) is 37.2 Å². The molecule has 0 fully saturated rings. The van der Waals surface area contributed by atoms with Gasteiger partial charge in [0.05, 0.1) is 0 Å². The molecule has 0 aliphatic carbocycles. The summed E-state index contributed by atoms with van der Waals surface area (Å²) in [5.41, 5.74) is 1.98. The molecule has 0 saturated heterocycles. The second kappa shape index (κ2) is 10.0. The van der Waals surface area contributed by atoms with Gasteiger partial charge in [0.1, 0.15) is 0 Å². The van der Waals surface area contributed by atoms with Gasteiger partial charge in [-0.3, -0.25) is 0 Å². The molecule has 0 amide bonds. The molecule has 2 atom stereocenters. The molecule has 2 aromatic rings. The van der Waals surface area contributed by atoms with E-state index in [0.29, 0.717) is 0 Å². The van der Waals surface area contributed by atoms with E-state index in [0.717, 1.165) is 21.8 Å². The van der Waals surface area contributed by atoms with Crippen molar-refractivity contribution in [3.05, 3.63) is 71.8 Å². The standard InChI is InChI=1S/C20H22O4Se/c1-15(21)23-19(17-9-5-3-6-10-17)13-25-14-20(24-16(2)22)18-11-7-4-8-12-18/h3-12,19-20H,13-14H2,1-2H3. The Morgan fingerprint density at radius 2 is 1.12 bits per heavy atom. The van der Waals surface area contributed by atoms with E-state index in [9.17, 15) is 9.59 Å². The normalized spacial score (nSPS) is 12.9. The summed E-state index contributed by atoms with van der Waals surface area (Å²) in [7, 11) is 0. The molecule has 4 nitrogen and oxygen atoms in total. The van der Waals surface area contributed by atoms with Gasteiger partial charge in [0, 0.05) is 0 Å². The van der Waals surface area contributed by atoms with Crippen LogP contribution >= 0.6 is 0 Å². The quantitative estimate of drug-likeness (QED) is 0.490. The van der Waals surface area contributed by atoms with Crippen LogP contribution in [0, 0.1) is 0 Å². The molecule has 0 bridgehead atoms. The van der Waals surface area contributed by atoms with Gasteiger partial charge in [-0.15, -0.1) is 0 Å². The Bertz CT molecular complexity index is 613. The molecule has 2 rings (SSSR count). The van der Waals surface area contributed by atoms with Gasteiger partial charge in [-0.25, -0.2) is 0 Å². The van der Waals surface area contributed by atoms with Crippen LogP contribution in [0.4, 0.5) is 0 Å². The first kappa shape index (κ1) is 19.2. The Balaban J connectivity index is 2.00. The number of esters is 2. The Kier molecular flexibility index (Phi) is 7.71. The molecule has 0 aliphatic heterocycles. The second-order valence-electron chi connectivity index (χ2n) is 5.55. The van der Waals surface area contributed by atoms with Crippen molar-refractivity contribution >= 4 is 26.9 Å². The van der Waals surface area contributed by atoms with Crippen LogP contribution in [0.5, 0.6) is 0 Å². The Morgan fingerprint density at radius 1 is 0.760 bits per heavy atom. The topological polar surface area (TPSA) is 52.6 Å². The van der Waals surface area contributed by atoms with Gasteiger partial charge >= 0.3 is 154 Å². The van der Waals surface area contributed by atoms with Crippen molar-refractivity contribution in [2.24, 2.45) is 0 Å². The third-order valence-corrected chi connectivity index (χ3v) is 5.76. The Labute approximate surface area is 154 Å². The summed E-state index contributed by atoms with van der Waals surface area (Å²) < 4.78 is 10.9. The van der Waals surface area contributed by atoms with Crippen LogP contribution < -0.4 is 0 Å². The second-order valence-corrected chi connectivity index (χ2v) is 7.81. The third kappa shape index (κ3) is 6.73. The van der Waals surface area contributed by atoms with E-state index in [-0.39, 0.29) is 39.1 Å². The minimum atomic E-state index is -0.288. The first-order chi connectivity index (χ1) is 12.1. The van der Waals surface area contributed by atoms with Gasteiger partial charge in [-0.1, -0.05) is 0 Å². The summed E-state index contributed by atoms with van der Waals surface area (Å²) in [6, 6.07) is 19.5. The van der Waals surface area contributed by atoms with Gasteiger partial charge in [0.25, 0.3) is 0 Å². The molecule has 2 unspecified atom stereocenters. The van der Waals surface area contributed by atoms with E-state index in [2.05, 4.69) is 0 Å². The minimum absolute atomic E-state index is 0.145. The van der Waals surface area contributed by atoms with Crippen molar-refractivity contribution in [3.8, 4) is 0 Å². The summed E-state index contributed by atoms with van der Waals surface area (Å²) >= 11 is 0.145. The zero-order valence-electron chi connectivity index (χ0n) is 14.4. The molecule has 5 heteroatoms. The summed E-state index contributed by atoms with van der Waals surface area (Å²) in [6.07, 6.45) is -0.514. The molecule has 0 N–H and O–H groups in total.